The molecule has 2 aliphatic heterocycles. The van der Waals surface area contributed by atoms with Crippen molar-refractivity contribution in [3.63, 3.8) is 0 Å². The van der Waals surface area contributed by atoms with E-state index in [4.69, 9.17) is 9.47 Å². The summed E-state index contributed by atoms with van der Waals surface area (Å²) in [7, 11) is 0. The maximum atomic E-state index is 6.69. The van der Waals surface area contributed by atoms with Crippen molar-refractivity contribution < 1.29 is 9.47 Å². The van der Waals surface area contributed by atoms with Crippen LogP contribution in [0.1, 0.15) is 41.0 Å². The minimum absolute atomic E-state index is 0.0519. The Balaban J connectivity index is 0.990. The first kappa shape index (κ1) is 29.8. The lowest BCUT2D eigenvalue weighted by molar-refractivity contribution is 0.232. The van der Waals surface area contributed by atoms with Gasteiger partial charge in [-0.15, -0.1) is 0 Å². The average Bonchev–Trinajstić information content (AvgIpc) is 3.75. The van der Waals surface area contributed by atoms with Gasteiger partial charge in [-0.25, -0.2) is 0 Å². The molecule has 1 aliphatic carbocycles. The molecule has 4 unspecified atom stereocenters. The van der Waals surface area contributed by atoms with Gasteiger partial charge in [0.1, 0.15) is 12.2 Å². The Bertz CT molecular complexity index is 2650. The van der Waals surface area contributed by atoms with Crippen molar-refractivity contribution in [3.8, 4) is 22.6 Å². The molecule has 10 rings (SSSR count). The molecule has 0 saturated heterocycles. The number of hydrogen-bond donors (Lipinski definition) is 0. The molecule has 7 aromatic rings. The predicted molar refractivity (Wildman–Crippen MR) is 213 cm³/mol. The molecule has 3 aliphatic rings. The highest BCUT2D eigenvalue weighted by molar-refractivity contribution is 6.13. The van der Waals surface area contributed by atoms with E-state index in [-0.39, 0.29) is 24.0 Å². The second-order valence-electron chi connectivity index (χ2n) is 14.0. The molecule has 0 N–H and O–H groups in total. The topological polar surface area (TPSA) is 18.5 Å². The summed E-state index contributed by atoms with van der Waals surface area (Å²) in [4.78, 5) is 0. The van der Waals surface area contributed by atoms with E-state index in [1.807, 2.05) is 6.08 Å². The average molecular weight is 657 g/mol. The van der Waals surface area contributed by atoms with Crippen LogP contribution in [0.15, 0.2) is 170 Å². The highest BCUT2D eigenvalue weighted by Crippen LogP contribution is 2.54. The number of allylic oxidation sites excluding steroid dienone is 3. The maximum Gasteiger partial charge on any atom is 0.166 e. The second kappa shape index (κ2) is 11.7. The molecule has 0 saturated carbocycles. The molecular weight excluding hydrogens is 621 g/mol. The zero-order valence-electron chi connectivity index (χ0n) is 28.4. The predicted octanol–water partition coefficient (Wildman–Crippen LogP) is 12.4. The van der Waals surface area contributed by atoms with E-state index in [1.165, 1.54) is 71.3 Å². The van der Waals surface area contributed by atoms with Crippen LogP contribution in [0.5, 0.6) is 11.5 Å². The molecule has 0 spiro atoms. The SMILES string of the molecule is C=CC1Oc2c(ccc3c2OC2C=CC(c4cccc(-c5cc6ccccc6c6ccccc56)c4)=CC32)C1/C=C(\C)c1ccc2ccccc2c1. The lowest BCUT2D eigenvalue weighted by Gasteiger charge is -2.19. The van der Waals surface area contributed by atoms with Gasteiger partial charge in [0.05, 0.1) is 0 Å². The van der Waals surface area contributed by atoms with E-state index in [1.54, 1.807) is 0 Å². The third-order valence-electron chi connectivity index (χ3n) is 11.1. The van der Waals surface area contributed by atoms with Gasteiger partial charge in [0.2, 0.25) is 0 Å². The zero-order valence-corrected chi connectivity index (χ0v) is 28.4. The Morgan fingerprint density at radius 1 is 0.627 bits per heavy atom. The van der Waals surface area contributed by atoms with Crippen LogP contribution in [-0.2, 0) is 0 Å². The van der Waals surface area contributed by atoms with Gasteiger partial charge < -0.3 is 9.47 Å². The van der Waals surface area contributed by atoms with Gasteiger partial charge in [-0.05, 0) is 96.9 Å². The van der Waals surface area contributed by atoms with Gasteiger partial charge in [-0.1, -0.05) is 146 Å². The molecule has 2 heteroatoms. The summed E-state index contributed by atoms with van der Waals surface area (Å²) in [6.45, 7) is 6.34. The Morgan fingerprint density at radius 2 is 1.35 bits per heavy atom. The second-order valence-corrected chi connectivity index (χ2v) is 14.0. The third-order valence-corrected chi connectivity index (χ3v) is 11.1. The Kier molecular flexibility index (Phi) is 6.86. The molecular formula is C49H36O2. The molecule has 0 aromatic heterocycles. The van der Waals surface area contributed by atoms with E-state index in [0.717, 1.165) is 17.1 Å². The first-order chi connectivity index (χ1) is 25.1. The minimum Gasteiger partial charge on any atom is -0.481 e. The van der Waals surface area contributed by atoms with Gasteiger partial charge in [0, 0.05) is 23.0 Å². The summed E-state index contributed by atoms with van der Waals surface area (Å²) in [6, 6.07) is 48.4. The van der Waals surface area contributed by atoms with Crippen molar-refractivity contribution in [1.29, 1.82) is 0 Å². The molecule has 2 heterocycles. The quantitative estimate of drug-likeness (QED) is 0.136. The van der Waals surface area contributed by atoms with Crippen molar-refractivity contribution in [2.75, 3.05) is 0 Å². The highest BCUT2D eigenvalue weighted by atomic mass is 16.5. The van der Waals surface area contributed by atoms with Crippen LogP contribution in [-0.4, -0.2) is 12.2 Å². The number of rotatable bonds is 5. The smallest absolute Gasteiger partial charge is 0.166 e. The van der Waals surface area contributed by atoms with Crippen LogP contribution in [0.3, 0.4) is 0 Å². The van der Waals surface area contributed by atoms with E-state index in [0.29, 0.717) is 0 Å². The largest absolute Gasteiger partial charge is 0.481 e. The summed E-state index contributed by atoms with van der Waals surface area (Å²) in [6.07, 6.45) is 10.8. The van der Waals surface area contributed by atoms with Crippen LogP contribution < -0.4 is 9.47 Å². The molecule has 0 radical (unpaired) electrons. The maximum absolute atomic E-state index is 6.69. The Hall–Kier alpha value is -6.12. The molecule has 0 amide bonds. The fourth-order valence-corrected chi connectivity index (χ4v) is 8.46. The van der Waals surface area contributed by atoms with Gasteiger partial charge >= 0.3 is 0 Å². The van der Waals surface area contributed by atoms with Gasteiger partial charge in [-0.3, -0.25) is 0 Å². The van der Waals surface area contributed by atoms with E-state index >= 15 is 0 Å². The first-order valence-electron chi connectivity index (χ1n) is 17.8. The van der Waals surface area contributed by atoms with Gasteiger partial charge in [-0.2, -0.15) is 0 Å². The minimum atomic E-state index is -0.163. The van der Waals surface area contributed by atoms with Crippen LogP contribution in [0.2, 0.25) is 0 Å². The Labute approximate surface area is 298 Å². The molecule has 4 atom stereocenters. The summed E-state index contributed by atoms with van der Waals surface area (Å²) in [5.41, 5.74) is 9.64. The van der Waals surface area contributed by atoms with Crippen molar-refractivity contribution in [2.24, 2.45) is 0 Å². The van der Waals surface area contributed by atoms with Crippen molar-refractivity contribution in [1.82, 2.24) is 0 Å². The van der Waals surface area contributed by atoms with Gasteiger partial charge in [0.25, 0.3) is 0 Å². The molecule has 51 heavy (non-hydrogen) atoms. The van der Waals surface area contributed by atoms with Crippen LogP contribution in [0.25, 0.3) is 54.6 Å². The molecule has 0 bridgehead atoms. The standard InChI is InChI=1S/C49H36O2/c1-3-46-44(25-30(2)32-20-19-31-11-4-5-12-33(31)26-32)41-22-23-42-45-28-35(21-24-47(45)51-49(42)48(41)50-46)34-14-10-15-36(27-34)43-29-37-13-6-7-16-38(37)39-17-8-9-18-40(39)43/h3-29,44-47H,1H2,2H3/b30-25+. The van der Waals surface area contributed by atoms with E-state index in [9.17, 15) is 0 Å². The summed E-state index contributed by atoms with van der Waals surface area (Å²) >= 11 is 0. The fourth-order valence-electron chi connectivity index (χ4n) is 8.46. The fraction of sp³-hybridized carbons (Fsp3) is 0.102. The van der Waals surface area contributed by atoms with Crippen molar-refractivity contribution in [3.05, 3.63) is 193 Å². The summed E-state index contributed by atoms with van der Waals surface area (Å²) in [5, 5.41) is 7.59. The van der Waals surface area contributed by atoms with E-state index < -0.39 is 0 Å². The lowest BCUT2D eigenvalue weighted by atomic mass is 9.85. The van der Waals surface area contributed by atoms with Crippen molar-refractivity contribution >= 4 is 43.5 Å². The normalized spacial score (nSPS) is 20.4. The number of ether oxygens (including phenoxy) is 2. The monoisotopic (exact) mass is 656 g/mol. The van der Waals surface area contributed by atoms with Crippen molar-refractivity contribution in [2.45, 2.75) is 31.0 Å². The third kappa shape index (κ3) is 4.86. The molecule has 2 nitrogen and oxygen atoms in total. The summed E-state index contributed by atoms with van der Waals surface area (Å²) < 4.78 is 13.3. The molecule has 244 valence electrons. The highest BCUT2D eigenvalue weighted by Gasteiger charge is 2.41. The lowest BCUT2D eigenvalue weighted by Crippen LogP contribution is -2.17. The first-order valence-corrected chi connectivity index (χ1v) is 17.8. The van der Waals surface area contributed by atoms with Crippen LogP contribution >= 0.6 is 0 Å². The summed E-state index contributed by atoms with van der Waals surface area (Å²) in [5.74, 6) is 1.88. The Morgan fingerprint density at radius 3 is 2.22 bits per heavy atom. The van der Waals surface area contributed by atoms with Crippen LogP contribution in [0.4, 0.5) is 0 Å². The molecule has 0 fully saturated rings. The molecule has 7 aromatic carbocycles. The number of benzene rings is 7. The zero-order chi connectivity index (χ0) is 34.1. The van der Waals surface area contributed by atoms with Gasteiger partial charge in [0.15, 0.2) is 11.5 Å². The van der Waals surface area contributed by atoms with E-state index in [2.05, 4.69) is 171 Å². The number of hydrogen-bond acceptors (Lipinski definition) is 2. The number of fused-ring (bicyclic) bond motifs is 9. The van der Waals surface area contributed by atoms with Crippen LogP contribution in [0, 0.1) is 0 Å².